The largest absolute Gasteiger partial charge is 0.324 e. The van der Waals surface area contributed by atoms with Crippen LogP contribution in [0.25, 0.3) is 33.9 Å². The molecule has 0 radical (unpaired) electrons. The van der Waals surface area contributed by atoms with E-state index in [2.05, 4.69) is 49.5 Å². The highest BCUT2D eigenvalue weighted by Crippen LogP contribution is 2.29. The number of aromatic nitrogens is 3. The van der Waals surface area contributed by atoms with Gasteiger partial charge in [-0.05, 0) is 48.3 Å². The van der Waals surface area contributed by atoms with Crippen molar-refractivity contribution in [3.05, 3.63) is 108 Å². The second kappa shape index (κ2) is 8.00. The molecule has 31 heavy (non-hydrogen) atoms. The molecule has 5 rings (SSSR count). The van der Waals surface area contributed by atoms with Crippen molar-refractivity contribution >= 4 is 5.95 Å². The fourth-order valence-corrected chi connectivity index (χ4v) is 3.56. The van der Waals surface area contributed by atoms with Gasteiger partial charge in [-0.25, -0.2) is 4.98 Å². The van der Waals surface area contributed by atoms with Gasteiger partial charge in [0.05, 0.1) is 0 Å². The van der Waals surface area contributed by atoms with Gasteiger partial charge in [-0.15, -0.1) is 0 Å². The Hall–Kier alpha value is -4.05. The molecule has 1 heterocycles. The maximum Gasteiger partial charge on any atom is 0.231 e. The van der Waals surface area contributed by atoms with Crippen LogP contribution in [0.5, 0.6) is 0 Å². The first kappa shape index (κ1) is 18.9. The Morgan fingerprint density at radius 2 is 1.16 bits per heavy atom. The molecule has 0 saturated carbocycles. The maximum absolute atomic E-state index is 4.80. The van der Waals surface area contributed by atoms with Gasteiger partial charge in [0.15, 0.2) is 11.6 Å². The summed E-state index contributed by atoms with van der Waals surface area (Å²) in [5.41, 5.74) is 7.76. The summed E-state index contributed by atoms with van der Waals surface area (Å²) in [5, 5.41) is 3.37. The zero-order valence-corrected chi connectivity index (χ0v) is 17.5. The molecule has 1 aliphatic carbocycles. The van der Waals surface area contributed by atoms with Crippen LogP contribution >= 0.6 is 0 Å². The quantitative estimate of drug-likeness (QED) is 0.413. The van der Waals surface area contributed by atoms with Crippen molar-refractivity contribution in [2.45, 2.75) is 13.8 Å². The number of nitrogens with one attached hydrogen (secondary N) is 1. The summed E-state index contributed by atoms with van der Waals surface area (Å²) in [7, 11) is 0. The van der Waals surface area contributed by atoms with Gasteiger partial charge in [0.1, 0.15) is 0 Å². The van der Waals surface area contributed by atoms with Crippen molar-refractivity contribution in [1.29, 1.82) is 0 Å². The van der Waals surface area contributed by atoms with E-state index in [1.807, 2.05) is 60.7 Å². The second-order valence-electron chi connectivity index (χ2n) is 7.61. The molecule has 0 aliphatic heterocycles. The SMILES string of the molecule is CC1=CC(Nc2nc(-c3ccccc3)nc(-c3cccc(-c4ccccc4)c3)n2)=C1C. The van der Waals surface area contributed by atoms with Gasteiger partial charge in [0.2, 0.25) is 5.95 Å². The van der Waals surface area contributed by atoms with Gasteiger partial charge >= 0.3 is 0 Å². The average molecular weight is 403 g/mol. The van der Waals surface area contributed by atoms with Crippen LogP contribution in [0.2, 0.25) is 0 Å². The number of anilines is 1. The van der Waals surface area contributed by atoms with Crippen molar-refractivity contribution < 1.29 is 0 Å². The minimum atomic E-state index is 0.548. The maximum atomic E-state index is 4.80. The molecule has 1 aromatic heterocycles. The summed E-state index contributed by atoms with van der Waals surface area (Å²) in [4.78, 5) is 14.2. The van der Waals surface area contributed by atoms with Crippen LogP contribution in [-0.4, -0.2) is 15.0 Å². The van der Waals surface area contributed by atoms with E-state index < -0.39 is 0 Å². The van der Waals surface area contributed by atoms with Crippen LogP contribution < -0.4 is 5.32 Å². The summed E-state index contributed by atoms with van der Waals surface area (Å²) in [6, 6.07) is 28.6. The molecule has 4 nitrogen and oxygen atoms in total. The lowest BCUT2D eigenvalue weighted by molar-refractivity contribution is 1.05. The number of hydrogen-bond donors (Lipinski definition) is 1. The Labute approximate surface area is 182 Å². The minimum absolute atomic E-state index is 0.548. The lowest BCUT2D eigenvalue weighted by Gasteiger charge is -2.20. The van der Waals surface area contributed by atoms with Crippen LogP contribution in [0, 0.1) is 0 Å². The molecular formula is C27H22N4. The van der Waals surface area contributed by atoms with E-state index in [9.17, 15) is 0 Å². The second-order valence-corrected chi connectivity index (χ2v) is 7.61. The van der Waals surface area contributed by atoms with E-state index in [-0.39, 0.29) is 0 Å². The normalized spacial score (nSPS) is 12.9. The van der Waals surface area contributed by atoms with Gasteiger partial charge in [0.25, 0.3) is 0 Å². The highest BCUT2D eigenvalue weighted by atomic mass is 15.2. The number of hydrogen-bond acceptors (Lipinski definition) is 4. The van der Waals surface area contributed by atoms with Crippen molar-refractivity contribution in [2.75, 3.05) is 5.32 Å². The van der Waals surface area contributed by atoms with Crippen LogP contribution in [0.3, 0.4) is 0 Å². The van der Waals surface area contributed by atoms with E-state index >= 15 is 0 Å². The average Bonchev–Trinajstić information content (AvgIpc) is 2.84. The molecule has 0 fully saturated rings. The molecule has 1 aliphatic rings. The van der Waals surface area contributed by atoms with Gasteiger partial charge < -0.3 is 5.32 Å². The minimum Gasteiger partial charge on any atom is -0.324 e. The molecule has 0 amide bonds. The smallest absolute Gasteiger partial charge is 0.231 e. The first-order valence-electron chi connectivity index (χ1n) is 10.3. The fourth-order valence-electron chi connectivity index (χ4n) is 3.56. The molecule has 0 spiro atoms. The third-order valence-corrected chi connectivity index (χ3v) is 5.50. The van der Waals surface area contributed by atoms with Crippen molar-refractivity contribution in [1.82, 2.24) is 15.0 Å². The van der Waals surface area contributed by atoms with Crippen molar-refractivity contribution in [2.24, 2.45) is 0 Å². The highest BCUT2D eigenvalue weighted by molar-refractivity contribution is 5.72. The summed E-state index contributed by atoms with van der Waals surface area (Å²) < 4.78 is 0. The summed E-state index contributed by atoms with van der Waals surface area (Å²) >= 11 is 0. The number of rotatable bonds is 5. The van der Waals surface area contributed by atoms with Crippen LogP contribution in [0.15, 0.2) is 108 Å². The molecule has 0 bridgehead atoms. The van der Waals surface area contributed by atoms with E-state index in [4.69, 9.17) is 15.0 Å². The first-order chi connectivity index (χ1) is 15.2. The van der Waals surface area contributed by atoms with Gasteiger partial charge in [-0.2, -0.15) is 9.97 Å². The third-order valence-electron chi connectivity index (χ3n) is 5.50. The predicted octanol–water partition coefficient (Wildman–Crippen LogP) is 6.52. The van der Waals surface area contributed by atoms with Gasteiger partial charge in [0, 0.05) is 16.8 Å². The predicted molar refractivity (Wildman–Crippen MR) is 126 cm³/mol. The molecule has 1 N–H and O–H groups in total. The molecule has 0 saturated heterocycles. The highest BCUT2D eigenvalue weighted by Gasteiger charge is 2.16. The van der Waals surface area contributed by atoms with Crippen LogP contribution in [0.1, 0.15) is 13.8 Å². The molecular weight excluding hydrogens is 380 g/mol. The fraction of sp³-hybridized carbons (Fsp3) is 0.0741. The lowest BCUT2D eigenvalue weighted by atomic mass is 9.96. The number of nitrogens with zero attached hydrogens (tertiary/aromatic N) is 3. The van der Waals surface area contributed by atoms with E-state index in [0.717, 1.165) is 28.0 Å². The third kappa shape index (κ3) is 3.88. The zero-order chi connectivity index (χ0) is 21.2. The molecule has 3 aromatic carbocycles. The number of allylic oxidation sites excluding steroid dienone is 3. The Morgan fingerprint density at radius 1 is 0.581 bits per heavy atom. The van der Waals surface area contributed by atoms with Crippen molar-refractivity contribution in [3.63, 3.8) is 0 Å². The number of benzene rings is 3. The summed E-state index contributed by atoms with van der Waals surface area (Å²) in [5.74, 6) is 1.84. The Balaban J connectivity index is 1.59. The summed E-state index contributed by atoms with van der Waals surface area (Å²) in [6.45, 7) is 4.20. The van der Waals surface area contributed by atoms with E-state index in [1.165, 1.54) is 11.1 Å². The molecule has 0 unspecified atom stereocenters. The standard InChI is InChI=1S/C27H22N4/c1-18-16-24(19(18)2)28-27-30-25(21-12-7-4-8-13-21)29-26(31-27)23-15-9-14-22(17-23)20-10-5-3-6-11-20/h3-17H,1-2H3,(H,28,29,30,31). The molecule has 4 heteroatoms. The first-order valence-corrected chi connectivity index (χ1v) is 10.3. The summed E-state index contributed by atoms with van der Waals surface area (Å²) in [6.07, 6.45) is 2.11. The monoisotopic (exact) mass is 402 g/mol. The Morgan fingerprint density at radius 3 is 1.81 bits per heavy atom. The lowest BCUT2D eigenvalue weighted by Crippen LogP contribution is -2.12. The van der Waals surface area contributed by atoms with Crippen molar-refractivity contribution in [3.8, 4) is 33.9 Å². The Bertz CT molecular complexity index is 1310. The van der Waals surface area contributed by atoms with E-state index in [0.29, 0.717) is 17.6 Å². The van der Waals surface area contributed by atoms with Crippen LogP contribution in [-0.2, 0) is 0 Å². The van der Waals surface area contributed by atoms with Gasteiger partial charge in [-0.3, -0.25) is 0 Å². The van der Waals surface area contributed by atoms with Crippen LogP contribution in [0.4, 0.5) is 5.95 Å². The van der Waals surface area contributed by atoms with E-state index in [1.54, 1.807) is 0 Å². The topological polar surface area (TPSA) is 50.7 Å². The Kier molecular flexibility index (Phi) is 4.89. The van der Waals surface area contributed by atoms with Gasteiger partial charge in [-0.1, -0.05) is 78.9 Å². The molecule has 4 aromatic rings. The zero-order valence-electron chi connectivity index (χ0n) is 17.5. The molecule has 0 atom stereocenters. The molecule has 150 valence electrons.